The molecule has 144 valence electrons. The van der Waals surface area contributed by atoms with Gasteiger partial charge in [0.05, 0.1) is 24.3 Å². The molecule has 1 aliphatic rings. The van der Waals surface area contributed by atoms with Crippen LogP contribution in [0.15, 0.2) is 69.8 Å². The van der Waals surface area contributed by atoms with E-state index in [4.69, 9.17) is 21.1 Å². The predicted octanol–water partition coefficient (Wildman–Crippen LogP) is 5.54. The summed E-state index contributed by atoms with van der Waals surface area (Å²) < 4.78 is 10.2. The van der Waals surface area contributed by atoms with Crippen LogP contribution in [-0.4, -0.2) is 29.8 Å². The number of carbonyl (C=O) groups excluding carboxylic acids is 1. The molecule has 0 unspecified atom stereocenters. The van der Waals surface area contributed by atoms with Crippen LogP contribution in [0.3, 0.4) is 0 Å². The largest absolute Gasteiger partial charge is 0.506 e. The monoisotopic (exact) mass is 415 g/mol. The molecule has 2 aromatic rings. The summed E-state index contributed by atoms with van der Waals surface area (Å²) in [5.74, 6) is -0.0933. The number of carbonyl (C=O) groups is 1. The minimum atomic E-state index is -0.623. The molecule has 0 bridgehead atoms. The second kappa shape index (κ2) is 8.99. The highest BCUT2D eigenvalue weighted by atomic mass is 35.5. The molecule has 3 rings (SSSR count). The van der Waals surface area contributed by atoms with Gasteiger partial charge in [-0.2, -0.15) is 0 Å². The van der Waals surface area contributed by atoms with Gasteiger partial charge >= 0.3 is 5.97 Å². The number of rotatable bonds is 5. The lowest BCUT2D eigenvalue weighted by Gasteiger charge is -2.04. The summed E-state index contributed by atoms with van der Waals surface area (Å²) in [5, 5.41) is 11.6. The van der Waals surface area contributed by atoms with E-state index >= 15 is 0 Å². The number of thioether (sulfide) groups is 1. The quantitative estimate of drug-likeness (QED) is 0.649. The molecule has 2 aromatic carbocycles. The molecule has 0 aromatic heterocycles. The molecular formula is C21H18ClNO4S. The molecule has 0 saturated heterocycles. The van der Waals surface area contributed by atoms with E-state index in [0.717, 1.165) is 5.56 Å². The van der Waals surface area contributed by atoms with E-state index in [1.807, 2.05) is 18.2 Å². The predicted molar refractivity (Wildman–Crippen MR) is 113 cm³/mol. The van der Waals surface area contributed by atoms with Crippen molar-refractivity contribution in [2.24, 2.45) is 4.99 Å². The average molecular weight is 416 g/mol. The number of ether oxygens (including phenoxy) is 2. The minimum absolute atomic E-state index is 0.0426. The standard InChI is InChI=1S/C21H18ClNO4S/c1-3-27-21(25)18-19(24)17(12-13-6-4-5-7-16(13)22)28-20(18)23-14-8-10-15(26-2)11-9-14/h4-12,24H,3H2,1-2H3. The number of aliphatic imine (C=N–C) groups is 1. The summed E-state index contributed by atoms with van der Waals surface area (Å²) in [7, 11) is 1.58. The lowest BCUT2D eigenvalue weighted by Crippen LogP contribution is -2.12. The van der Waals surface area contributed by atoms with E-state index in [0.29, 0.717) is 26.4 Å². The number of nitrogens with zero attached hydrogens (tertiary/aromatic N) is 1. The number of hydrogen-bond donors (Lipinski definition) is 1. The van der Waals surface area contributed by atoms with Crippen molar-refractivity contribution in [3.8, 4) is 5.75 Å². The Labute approximate surface area is 172 Å². The first-order valence-corrected chi connectivity index (χ1v) is 9.70. The summed E-state index contributed by atoms with van der Waals surface area (Å²) in [6.07, 6.45) is 1.72. The van der Waals surface area contributed by atoms with Gasteiger partial charge in [0.15, 0.2) is 0 Å². The Morgan fingerprint density at radius 3 is 2.57 bits per heavy atom. The SMILES string of the molecule is CCOC(=O)C1=C(O)C(=Cc2ccccc2Cl)SC1=Nc1ccc(OC)cc1. The van der Waals surface area contributed by atoms with E-state index in [-0.39, 0.29) is 17.9 Å². The van der Waals surface area contributed by atoms with Gasteiger partial charge in [-0.1, -0.05) is 41.6 Å². The number of halogens is 1. The van der Waals surface area contributed by atoms with Gasteiger partial charge < -0.3 is 14.6 Å². The van der Waals surface area contributed by atoms with Crippen LogP contribution in [0, 0.1) is 0 Å². The van der Waals surface area contributed by atoms with Crippen molar-refractivity contribution in [1.29, 1.82) is 0 Å². The molecule has 5 nitrogen and oxygen atoms in total. The highest BCUT2D eigenvalue weighted by Gasteiger charge is 2.33. The molecular weight excluding hydrogens is 398 g/mol. The zero-order chi connectivity index (χ0) is 20.1. The molecule has 1 aliphatic heterocycles. The number of esters is 1. The molecule has 0 amide bonds. The number of aliphatic hydroxyl groups is 1. The molecule has 0 radical (unpaired) electrons. The summed E-state index contributed by atoms with van der Waals surface area (Å²) >= 11 is 7.39. The van der Waals surface area contributed by atoms with Gasteiger partial charge in [-0.05, 0) is 48.9 Å². The van der Waals surface area contributed by atoms with Gasteiger partial charge in [0.25, 0.3) is 0 Å². The highest BCUT2D eigenvalue weighted by molar-refractivity contribution is 8.18. The van der Waals surface area contributed by atoms with Gasteiger partial charge in [-0.25, -0.2) is 9.79 Å². The van der Waals surface area contributed by atoms with Crippen molar-refractivity contribution in [3.63, 3.8) is 0 Å². The maximum Gasteiger partial charge on any atom is 0.344 e. The third-order valence-electron chi connectivity index (χ3n) is 3.87. The van der Waals surface area contributed by atoms with E-state index < -0.39 is 5.97 Å². The fourth-order valence-electron chi connectivity index (χ4n) is 2.50. The summed E-state index contributed by atoms with van der Waals surface area (Å²) in [6, 6.07) is 14.3. The van der Waals surface area contributed by atoms with Crippen LogP contribution in [0.5, 0.6) is 5.75 Å². The third kappa shape index (κ3) is 4.40. The Morgan fingerprint density at radius 1 is 1.21 bits per heavy atom. The third-order valence-corrected chi connectivity index (χ3v) is 5.23. The Morgan fingerprint density at radius 2 is 1.93 bits per heavy atom. The first kappa shape index (κ1) is 20.0. The van der Waals surface area contributed by atoms with E-state index in [1.165, 1.54) is 11.8 Å². The molecule has 1 N–H and O–H groups in total. The summed E-state index contributed by atoms with van der Waals surface area (Å²) in [5.41, 5.74) is 1.39. The Balaban J connectivity index is 2.03. The summed E-state index contributed by atoms with van der Waals surface area (Å²) in [4.78, 5) is 17.4. The molecule has 0 saturated carbocycles. The second-order valence-corrected chi connectivity index (χ2v) is 7.13. The van der Waals surface area contributed by atoms with Gasteiger partial charge in [0, 0.05) is 5.02 Å². The fraction of sp³-hybridized carbons (Fsp3) is 0.143. The Hall–Kier alpha value is -2.70. The fourth-order valence-corrected chi connectivity index (χ4v) is 3.72. The van der Waals surface area contributed by atoms with E-state index in [9.17, 15) is 9.90 Å². The van der Waals surface area contributed by atoms with Crippen LogP contribution in [-0.2, 0) is 9.53 Å². The normalized spacial score (nSPS) is 16.7. The van der Waals surface area contributed by atoms with Crippen molar-refractivity contribution in [3.05, 3.63) is 75.4 Å². The molecule has 1 heterocycles. The average Bonchev–Trinajstić information content (AvgIpc) is 2.99. The van der Waals surface area contributed by atoms with Crippen LogP contribution in [0.25, 0.3) is 6.08 Å². The highest BCUT2D eigenvalue weighted by Crippen LogP contribution is 2.40. The molecule has 0 atom stereocenters. The van der Waals surface area contributed by atoms with Crippen LogP contribution >= 0.6 is 23.4 Å². The Kier molecular flexibility index (Phi) is 6.44. The first-order valence-electron chi connectivity index (χ1n) is 8.51. The number of methoxy groups -OCH3 is 1. The number of hydrogen-bond acceptors (Lipinski definition) is 6. The topological polar surface area (TPSA) is 68.1 Å². The van der Waals surface area contributed by atoms with Gasteiger partial charge in [0.2, 0.25) is 0 Å². The smallest absolute Gasteiger partial charge is 0.344 e. The number of aliphatic hydroxyl groups excluding tert-OH is 1. The van der Waals surface area contributed by atoms with Crippen LogP contribution in [0.1, 0.15) is 12.5 Å². The maximum absolute atomic E-state index is 12.4. The maximum atomic E-state index is 12.4. The molecule has 0 aliphatic carbocycles. The molecule has 0 spiro atoms. The van der Waals surface area contributed by atoms with Crippen molar-refractivity contribution in [2.45, 2.75) is 6.92 Å². The van der Waals surface area contributed by atoms with Gasteiger partial charge in [-0.15, -0.1) is 0 Å². The Bertz CT molecular complexity index is 980. The lowest BCUT2D eigenvalue weighted by molar-refractivity contribution is -0.138. The number of benzene rings is 2. The van der Waals surface area contributed by atoms with Crippen molar-refractivity contribution in [2.75, 3.05) is 13.7 Å². The lowest BCUT2D eigenvalue weighted by atomic mass is 10.1. The molecule has 7 heteroatoms. The molecule has 0 fully saturated rings. The first-order chi connectivity index (χ1) is 13.5. The van der Waals surface area contributed by atoms with Crippen LogP contribution < -0.4 is 4.74 Å². The second-order valence-electron chi connectivity index (χ2n) is 5.69. The zero-order valence-corrected chi connectivity index (χ0v) is 16.9. The van der Waals surface area contributed by atoms with E-state index in [2.05, 4.69) is 4.99 Å². The van der Waals surface area contributed by atoms with Crippen molar-refractivity contribution >= 4 is 46.1 Å². The van der Waals surface area contributed by atoms with E-state index in [1.54, 1.807) is 50.4 Å². The van der Waals surface area contributed by atoms with Crippen molar-refractivity contribution < 1.29 is 19.4 Å². The van der Waals surface area contributed by atoms with Crippen LogP contribution in [0.4, 0.5) is 5.69 Å². The summed E-state index contributed by atoms with van der Waals surface area (Å²) in [6.45, 7) is 1.90. The molecule has 28 heavy (non-hydrogen) atoms. The van der Waals surface area contributed by atoms with Gasteiger partial charge in [0.1, 0.15) is 22.1 Å². The van der Waals surface area contributed by atoms with Gasteiger partial charge in [-0.3, -0.25) is 0 Å². The zero-order valence-electron chi connectivity index (χ0n) is 15.3. The van der Waals surface area contributed by atoms with Crippen molar-refractivity contribution in [1.82, 2.24) is 0 Å². The minimum Gasteiger partial charge on any atom is -0.506 e. The van der Waals surface area contributed by atoms with Crippen LogP contribution in [0.2, 0.25) is 5.02 Å².